The van der Waals surface area contributed by atoms with E-state index < -0.39 is 10.0 Å². The van der Waals surface area contributed by atoms with Crippen molar-refractivity contribution in [2.45, 2.75) is 44.0 Å². The lowest BCUT2D eigenvalue weighted by Gasteiger charge is -2.13. The van der Waals surface area contributed by atoms with Gasteiger partial charge in [-0.25, -0.2) is 13.1 Å². The van der Waals surface area contributed by atoms with Gasteiger partial charge in [-0.3, -0.25) is 4.79 Å². The molecule has 2 N–H and O–H groups in total. The molecule has 1 aromatic heterocycles. The van der Waals surface area contributed by atoms with Crippen molar-refractivity contribution in [3.63, 3.8) is 0 Å². The van der Waals surface area contributed by atoms with Crippen LogP contribution in [0.25, 0.3) is 11.0 Å². The zero-order valence-electron chi connectivity index (χ0n) is 17.1. The van der Waals surface area contributed by atoms with Gasteiger partial charge in [-0.1, -0.05) is 0 Å². The van der Waals surface area contributed by atoms with Crippen molar-refractivity contribution in [3.8, 4) is 5.75 Å². The molecule has 0 spiro atoms. The molecule has 0 radical (unpaired) electrons. The van der Waals surface area contributed by atoms with Crippen LogP contribution in [0.1, 0.15) is 29.5 Å². The number of hydrogen-bond acceptors (Lipinski definition) is 5. The van der Waals surface area contributed by atoms with Gasteiger partial charge in [0.25, 0.3) is 0 Å². The first-order valence-corrected chi connectivity index (χ1v) is 11.2. The van der Waals surface area contributed by atoms with Crippen molar-refractivity contribution in [2.75, 3.05) is 12.4 Å². The fourth-order valence-corrected chi connectivity index (χ4v) is 4.61. The van der Waals surface area contributed by atoms with E-state index >= 15 is 0 Å². The largest absolute Gasteiger partial charge is 0.495 e. The number of benzene rings is 2. The number of rotatable bonds is 7. The van der Waals surface area contributed by atoms with E-state index in [0.717, 1.165) is 40.5 Å². The molecule has 1 fully saturated rings. The summed E-state index contributed by atoms with van der Waals surface area (Å²) in [4.78, 5) is 12.8. The SMILES string of the molecule is COc1ccc(S(=O)(=O)NC2CC2)cc1NC(=O)Cc1coc2cc(C)c(C)cc12. The third-order valence-electron chi connectivity index (χ3n) is 5.28. The fraction of sp³-hybridized carbons (Fsp3) is 0.318. The minimum absolute atomic E-state index is 0.00314. The van der Waals surface area contributed by atoms with E-state index in [1.165, 1.54) is 25.3 Å². The summed E-state index contributed by atoms with van der Waals surface area (Å²) in [5.74, 6) is 0.0937. The number of ether oxygens (including phenoxy) is 1. The van der Waals surface area contributed by atoms with Crippen LogP contribution in [-0.2, 0) is 21.2 Å². The highest BCUT2D eigenvalue weighted by Crippen LogP contribution is 2.30. The van der Waals surface area contributed by atoms with E-state index in [9.17, 15) is 13.2 Å². The molecule has 3 aromatic rings. The van der Waals surface area contributed by atoms with Crippen LogP contribution in [0.2, 0.25) is 0 Å². The quantitative estimate of drug-likeness (QED) is 0.598. The zero-order chi connectivity index (χ0) is 21.5. The Morgan fingerprint density at radius 3 is 2.60 bits per heavy atom. The standard InChI is InChI=1S/C22H24N2O5S/c1-13-8-18-15(12-29-21(18)9-14(13)2)10-22(25)23-19-11-17(6-7-20(19)28-3)30(26,27)24-16-4-5-16/h6-9,11-12,16,24H,4-5,10H2,1-3H3,(H,23,25). The molecule has 1 aliphatic rings. The smallest absolute Gasteiger partial charge is 0.240 e. The molecule has 7 nitrogen and oxygen atoms in total. The molecule has 158 valence electrons. The summed E-state index contributed by atoms with van der Waals surface area (Å²) in [7, 11) is -2.17. The van der Waals surface area contributed by atoms with Gasteiger partial charge in [-0.05, 0) is 68.1 Å². The third kappa shape index (κ3) is 4.20. The van der Waals surface area contributed by atoms with Crippen LogP contribution in [0, 0.1) is 13.8 Å². The minimum Gasteiger partial charge on any atom is -0.495 e. The molecule has 0 saturated heterocycles. The molecule has 8 heteroatoms. The molecule has 0 bridgehead atoms. The van der Waals surface area contributed by atoms with Gasteiger partial charge in [-0.2, -0.15) is 0 Å². The Labute approximate surface area is 175 Å². The van der Waals surface area contributed by atoms with Crippen molar-refractivity contribution in [2.24, 2.45) is 0 Å². The molecular formula is C22H24N2O5S. The molecule has 4 rings (SSSR count). The summed E-state index contributed by atoms with van der Waals surface area (Å²) in [5, 5.41) is 3.67. The van der Waals surface area contributed by atoms with Crippen molar-refractivity contribution >= 4 is 32.6 Å². The van der Waals surface area contributed by atoms with Gasteiger partial charge in [0.2, 0.25) is 15.9 Å². The number of amides is 1. The number of carbonyl (C=O) groups excluding carboxylic acids is 1. The molecule has 1 saturated carbocycles. The maximum absolute atomic E-state index is 12.7. The Bertz CT molecular complexity index is 1230. The van der Waals surface area contributed by atoms with E-state index in [-0.39, 0.29) is 23.3 Å². The highest BCUT2D eigenvalue weighted by Gasteiger charge is 2.28. The Balaban J connectivity index is 1.56. The average Bonchev–Trinajstić information content (AvgIpc) is 3.43. The Morgan fingerprint density at radius 1 is 1.17 bits per heavy atom. The van der Waals surface area contributed by atoms with Crippen molar-refractivity contribution in [1.82, 2.24) is 4.72 Å². The Hall–Kier alpha value is -2.84. The first kappa shape index (κ1) is 20.4. The predicted octanol–water partition coefficient (Wildman–Crippen LogP) is 3.68. The van der Waals surface area contributed by atoms with Crippen LogP contribution in [-0.4, -0.2) is 27.5 Å². The topological polar surface area (TPSA) is 97.6 Å². The van der Waals surface area contributed by atoms with E-state index in [4.69, 9.17) is 9.15 Å². The maximum Gasteiger partial charge on any atom is 0.240 e. The molecule has 2 aromatic carbocycles. The van der Waals surface area contributed by atoms with E-state index in [0.29, 0.717) is 11.4 Å². The van der Waals surface area contributed by atoms with Crippen LogP contribution in [0.5, 0.6) is 5.75 Å². The average molecular weight is 429 g/mol. The van der Waals surface area contributed by atoms with Crippen LogP contribution in [0.15, 0.2) is 45.9 Å². The number of aryl methyl sites for hydroxylation is 2. The summed E-state index contributed by atoms with van der Waals surface area (Å²) in [6.45, 7) is 4.02. The number of anilines is 1. The molecule has 1 heterocycles. The number of methoxy groups -OCH3 is 1. The molecular weight excluding hydrogens is 404 g/mol. The lowest BCUT2D eigenvalue weighted by Crippen LogP contribution is -2.26. The summed E-state index contributed by atoms with van der Waals surface area (Å²) < 4.78 is 38.5. The monoisotopic (exact) mass is 428 g/mol. The first-order valence-electron chi connectivity index (χ1n) is 9.74. The Morgan fingerprint density at radius 2 is 1.90 bits per heavy atom. The molecule has 1 aliphatic carbocycles. The van der Waals surface area contributed by atoms with Crippen molar-refractivity contribution in [1.29, 1.82) is 0 Å². The minimum atomic E-state index is -3.64. The molecule has 0 atom stereocenters. The van der Waals surface area contributed by atoms with Gasteiger partial charge in [0.15, 0.2) is 0 Å². The summed E-state index contributed by atoms with van der Waals surface area (Å²) in [5.41, 5.74) is 4.05. The van der Waals surface area contributed by atoms with Crippen LogP contribution in [0.4, 0.5) is 5.69 Å². The molecule has 1 amide bonds. The number of sulfonamides is 1. The molecule has 0 aliphatic heterocycles. The lowest BCUT2D eigenvalue weighted by molar-refractivity contribution is -0.115. The normalized spacial score (nSPS) is 14.1. The predicted molar refractivity (Wildman–Crippen MR) is 114 cm³/mol. The van der Waals surface area contributed by atoms with Crippen LogP contribution < -0.4 is 14.8 Å². The van der Waals surface area contributed by atoms with Gasteiger partial charge in [0.05, 0.1) is 30.4 Å². The number of fused-ring (bicyclic) bond motifs is 1. The van der Waals surface area contributed by atoms with Gasteiger partial charge in [0, 0.05) is 17.0 Å². The number of nitrogens with one attached hydrogen (secondary N) is 2. The van der Waals surface area contributed by atoms with Crippen LogP contribution >= 0.6 is 0 Å². The van der Waals surface area contributed by atoms with Crippen molar-refractivity contribution in [3.05, 3.63) is 53.3 Å². The van der Waals surface area contributed by atoms with Gasteiger partial charge in [-0.15, -0.1) is 0 Å². The molecule has 0 unspecified atom stereocenters. The third-order valence-corrected chi connectivity index (χ3v) is 6.79. The van der Waals surface area contributed by atoms with Gasteiger partial charge < -0.3 is 14.5 Å². The number of hydrogen-bond donors (Lipinski definition) is 2. The van der Waals surface area contributed by atoms with Gasteiger partial charge >= 0.3 is 0 Å². The summed E-state index contributed by atoms with van der Waals surface area (Å²) in [6, 6.07) is 8.38. The van der Waals surface area contributed by atoms with E-state index in [2.05, 4.69) is 10.0 Å². The number of furan rings is 1. The highest BCUT2D eigenvalue weighted by molar-refractivity contribution is 7.89. The van der Waals surface area contributed by atoms with Gasteiger partial charge in [0.1, 0.15) is 11.3 Å². The van der Waals surface area contributed by atoms with E-state index in [1.54, 1.807) is 6.26 Å². The van der Waals surface area contributed by atoms with E-state index in [1.807, 2.05) is 26.0 Å². The molecule has 30 heavy (non-hydrogen) atoms. The van der Waals surface area contributed by atoms with Crippen LogP contribution in [0.3, 0.4) is 0 Å². The highest BCUT2D eigenvalue weighted by atomic mass is 32.2. The summed E-state index contributed by atoms with van der Waals surface area (Å²) in [6.07, 6.45) is 3.37. The summed E-state index contributed by atoms with van der Waals surface area (Å²) >= 11 is 0. The Kier molecular flexibility index (Phi) is 5.29. The van der Waals surface area contributed by atoms with Crippen molar-refractivity contribution < 1.29 is 22.4 Å². The zero-order valence-corrected chi connectivity index (χ0v) is 17.9. The maximum atomic E-state index is 12.7. The second-order valence-electron chi connectivity index (χ2n) is 7.68. The second kappa shape index (κ2) is 7.77. The fourth-order valence-electron chi connectivity index (χ4n) is 3.28. The number of carbonyl (C=O) groups is 1. The lowest BCUT2D eigenvalue weighted by atomic mass is 10.0. The first-order chi connectivity index (χ1) is 14.3. The second-order valence-corrected chi connectivity index (χ2v) is 9.39.